The molecule has 0 bridgehead atoms. The highest BCUT2D eigenvalue weighted by atomic mass is 35.5. The fraction of sp³-hybridized carbons (Fsp3) is 0.176. The molecule has 2 aromatic carbocycles. The molecule has 0 radical (unpaired) electrons. The summed E-state index contributed by atoms with van der Waals surface area (Å²) in [7, 11) is 0. The van der Waals surface area contributed by atoms with E-state index in [1.54, 1.807) is 48.5 Å². The van der Waals surface area contributed by atoms with Gasteiger partial charge in [-0.15, -0.1) is 0 Å². The Bertz CT molecular complexity index is 747. The predicted octanol–water partition coefficient (Wildman–Crippen LogP) is 4.13. The van der Waals surface area contributed by atoms with Crippen LogP contribution in [0.15, 0.2) is 48.5 Å². The summed E-state index contributed by atoms with van der Waals surface area (Å²) in [6, 6.07) is 13.3. The molecule has 1 fully saturated rings. The van der Waals surface area contributed by atoms with E-state index in [1.165, 1.54) is 4.90 Å². The lowest BCUT2D eigenvalue weighted by atomic mass is 10.2. The third kappa shape index (κ3) is 3.49. The molecule has 0 aromatic heterocycles. The molecule has 6 heteroatoms. The van der Waals surface area contributed by atoms with Gasteiger partial charge in [-0.25, -0.2) is 0 Å². The average Bonchev–Trinajstić information content (AvgIpc) is 2.90. The number of hydrogen-bond acceptors (Lipinski definition) is 2. The molecule has 1 saturated heterocycles. The van der Waals surface area contributed by atoms with Crippen molar-refractivity contribution in [2.75, 3.05) is 10.2 Å². The Hall–Kier alpha value is -2.04. The van der Waals surface area contributed by atoms with Gasteiger partial charge in [0.2, 0.25) is 11.8 Å². The Kier molecular flexibility index (Phi) is 4.55. The van der Waals surface area contributed by atoms with Crippen molar-refractivity contribution in [3.8, 4) is 0 Å². The Labute approximate surface area is 144 Å². The van der Waals surface area contributed by atoms with E-state index < -0.39 is 6.04 Å². The van der Waals surface area contributed by atoms with Crippen LogP contribution in [0.4, 0.5) is 11.4 Å². The summed E-state index contributed by atoms with van der Waals surface area (Å²) in [5, 5.41) is 3.94. The molecule has 0 saturated carbocycles. The summed E-state index contributed by atoms with van der Waals surface area (Å²) in [6.45, 7) is 0. The van der Waals surface area contributed by atoms with E-state index in [9.17, 15) is 9.59 Å². The van der Waals surface area contributed by atoms with E-state index >= 15 is 0 Å². The first-order valence-corrected chi connectivity index (χ1v) is 7.94. The normalized spacial score (nSPS) is 17.4. The smallest absolute Gasteiger partial charge is 0.247 e. The SMILES string of the molecule is O=C(Nc1cccc(Cl)c1)C1CCC(=O)N1c1ccc(Cl)cc1. The van der Waals surface area contributed by atoms with Crippen LogP contribution >= 0.6 is 23.2 Å². The van der Waals surface area contributed by atoms with Crippen molar-refractivity contribution in [3.05, 3.63) is 58.6 Å². The molecule has 1 aliphatic heterocycles. The first-order chi connectivity index (χ1) is 11.0. The maximum Gasteiger partial charge on any atom is 0.247 e. The third-order valence-electron chi connectivity index (χ3n) is 3.71. The van der Waals surface area contributed by atoms with Crippen LogP contribution in [0.1, 0.15) is 12.8 Å². The van der Waals surface area contributed by atoms with E-state index in [1.807, 2.05) is 0 Å². The molecule has 1 unspecified atom stereocenters. The first kappa shape index (κ1) is 15.8. The van der Waals surface area contributed by atoms with Gasteiger partial charge in [-0.1, -0.05) is 29.3 Å². The van der Waals surface area contributed by atoms with Gasteiger partial charge in [0, 0.05) is 27.8 Å². The summed E-state index contributed by atoms with van der Waals surface area (Å²) < 4.78 is 0. The van der Waals surface area contributed by atoms with E-state index in [2.05, 4.69) is 5.32 Å². The zero-order valence-electron chi connectivity index (χ0n) is 12.1. The molecular weight excluding hydrogens is 335 g/mol. The molecule has 0 aliphatic carbocycles. The highest BCUT2D eigenvalue weighted by Crippen LogP contribution is 2.28. The summed E-state index contributed by atoms with van der Waals surface area (Å²) in [4.78, 5) is 26.2. The second kappa shape index (κ2) is 6.60. The summed E-state index contributed by atoms with van der Waals surface area (Å²) in [5.74, 6) is -0.299. The molecule has 0 spiro atoms. The minimum atomic E-state index is -0.539. The van der Waals surface area contributed by atoms with Crippen LogP contribution in [0.5, 0.6) is 0 Å². The van der Waals surface area contributed by atoms with Crippen LogP contribution in [-0.4, -0.2) is 17.9 Å². The van der Waals surface area contributed by atoms with Gasteiger partial charge in [0.1, 0.15) is 6.04 Å². The summed E-state index contributed by atoms with van der Waals surface area (Å²) in [6.07, 6.45) is 0.824. The predicted molar refractivity (Wildman–Crippen MR) is 92.0 cm³/mol. The number of hydrogen-bond donors (Lipinski definition) is 1. The van der Waals surface area contributed by atoms with Crippen molar-refractivity contribution in [2.45, 2.75) is 18.9 Å². The fourth-order valence-corrected chi connectivity index (χ4v) is 2.97. The summed E-state index contributed by atoms with van der Waals surface area (Å²) >= 11 is 11.8. The van der Waals surface area contributed by atoms with Gasteiger partial charge in [0.05, 0.1) is 0 Å². The topological polar surface area (TPSA) is 49.4 Å². The molecule has 118 valence electrons. The van der Waals surface area contributed by atoms with Crippen molar-refractivity contribution in [1.82, 2.24) is 0 Å². The van der Waals surface area contributed by atoms with E-state index in [4.69, 9.17) is 23.2 Å². The van der Waals surface area contributed by atoms with Crippen LogP contribution in [0.2, 0.25) is 10.0 Å². The number of anilines is 2. The Morgan fingerprint density at radius 1 is 1.09 bits per heavy atom. The fourth-order valence-electron chi connectivity index (χ4n) is 2.65. The number of amides is 2. The van der Waals surface area contributed by atoms with E-state index in [0.29, 0.717) is 34.3 Å². The number of nitrogens with zero attached hydrogens (tertiary/aromatic N) is 1. The molecule has 2 aromatic rings. The monoisotopic (exact) mass is 348 g/mol. The number of carbonyl (C=O) groups is 2. The minimum Gasteiger partial charge on any atom is -0.324 e. The highest BCUT2D eigenvalue weighted by Gasteiger charge is 2.37. The third-order valence-corrected chi connectivity index (χ3v) is 4.20. The number of benzene rings is 2. The van der Waals surface area contributed by atoms with Gasteiger partial charge in [-0.2, -0.15) is 0 Å². The Balaban J connectivity index is 1.81. The average molecular weight is 349 g/mol. The van der Waals surface area contributed by atoms with Crippen LogP contribution < -0.4 is 10.2 Å². The van der Waals surface area contributed by atoms with Gasteiger partial charge in [0.25, 0.3) is 0 Å². The maximum atomic E-state index is 12.5. The van der Waals surface area contributed by atoms with Crippen LogP contribution in [0.3, 0.4) is 0 Å². The van der Waals surface area contributed by atoms with Gasteiger partial charge in [-0.05, 0) is 48.9 Å². The molecular formula is C17H14Cl2N2O2. The van der Waals surface area contributed by atoms with E-state index in [-0.39, 0.29) is 11.8 Å². The molecule has 1 heterocycles. The molecule has 3 rings (SSSR count). The minimum absolute atomic E-state index is 0.0708. The van der Waals surface area contributed by atoms with Crippen molar-refractivity contribution in [1.29, 1.82) is 0 Å². The van der Waals surface area contributed by atoms with Crippen molar-refractivity contribution in [2.24, 2.45) is 0 Å². The lowest BCUT2D eigenvalue weighted by Gasteiger charge is -2.24. The largest absolute Gasteiger partial charge is 0.324 e. The van der Waals surface area contributed by atoms with Crippen LogP contribution in [0.25, 0.3) is 0 Å². The molecule has 1 atom stereocenters. The van der Waals surface area contributed by atoms with Crippen molar-refractivity contribution >= 4 is 46.4 Å². The second-order valence-electron chi connectivity index (χ2n) is 5.29. The first-order valence-electron chi connectivity index (χ1n) is 7.18. The lowest BCUT2D eigenvalue weighted by molar-refractivity contribution is -0.120. The number of halogens is 2. The van der Waals surface area contributed by atoms with Crippen molar-refractivity contribution in [3.63, 3.8) is 0 Å². The van der Waals surface area contributed by atoms with E-state index in [0.717, 1.165) is 0 Å². The second-order valence-corrected chi connectivity index (χ2v) is 6.17. The van der Waals surface area contributed by atoms with Gasteiger partial charge >= 0.3 is 0 Å². The Morgan fingerprint density at radius 2 is 1.83 bits per heavy atom. The summed E-state index contributed by atoms with van der Waals surface area (Å²) in [5.41, 5.74) is 1.28. The molecule has 2 amide bonds. The lowest BCUT2D eigenvalue weighted by Crippen LogP contribution is -2.41. The number of rotatable bonds is 3. The number of carbonyl (C=O) groups excluding carboxylic acids is 2. The van der Waals surface area contributed by atoms with Gasteiger partial charge < -0.3 is 5.32 Å². The van der Waals surface area contributed by atoms with Crippen molar-refractivity contribution < 1.29 is 9.59 Å². The zero-order chi connectivity index (χ0) is 16.4. The van der Waals surface area contributed by atoms with Gasteiger partial charge in [0.15, 0.2) is 0 Å². The maximum absolute atomic E-state index is 12.5. The quantitative estimate of drug-likeness (QED) is 0.906. The van der Waals surface area contributed by atoms with Crippen LogP contribution in [-0.2, 0) is 9.59 Å². The van der Waals surface area contributed by atoms with Gasteiger partial charge in [-0.3, -0.25) is 14.5 Å². The molecule has 23 heavy (non-hydrogen) atoms. The van der Waals surface area contributed by atoms with Crippen LogP contribution in [0, 0.1) is 0 Å². The molecule has 1 aliphatic rings. The standard InChI is InChI=1S/C17H14Cl2N2O2/c18-11-4-6-14(7-5-11)21-15(8-9-16(21)22)17(23)20-13-3-1-2-12(19)10-13/h1-7,10,15H,8-9H2,(H,20,23). The number of nitrogens with one attached hydrogen (secondary N) is 1. The Morgan fingerprint density at radius 3 is 2.52 bits per heavy atom. The molecule has 4 nitrogen and oxygen atoms in total. The molecule has 1 N–H and O–H groups in total. The zero-order valence-corrected chi connectivity index (χ0v) is 13.6. The highest BCUT2D eigenvalue weighted by molar-refractivity contribution is 6.31.